The standard InChI is InChI=1S/C32H23N3/c1-21(2)22-14-17-24(18-15-22)34-30-25-10-4-3-9-23(25)16-19-27(30)32-31(34)26-11-5-6-12-28(26)35(32)29-13-7-8-20-33-29/h3-20H,1H2,2H3. The van der Waals surface area contributed by atoms with Gasteiger partial charge in [0.2, 0.25) is 0 Å². The molecule has 3 heteroatoms. The van der Waals surface area contributed by atoms with Crippen molar-refractivity contribution in [3.8, 4) is 11.5 Å². The fourth-order valence-electron chi connectivity index (χ4n) is 5.37. The Hall–Kier alpha value is -4.63. The molecule has 166 valence electrons. The van der Waals surface area contributed by atoms with Crippen molar-refractivity contribution >= 4 is 49.2 Å². The average Bonchev–Trinajstić information content (AvgIpc) is 3.42. The summed E-state index contributed by atoms with van der Waals surface area (Å²) in [5.41, 5.74) is 8.09. The van der Waals surface area contributed by atoms with Crippen LogP contribution in [-0.2, 0) is 0 Å². The van der Waals surface area contributed by atoms with Crippen LogP contribution >= 0.6 is 0 Å². The van der Waals surface area contributed by atoms with E-state index in [1.807, 2.05) is 25.3 Å². The van der Waals surface area contributed by atoms with E-state index in [-0.39, 0.29) is 0 Å². The van der Waals surface area contributed by atoms with Gasteiger partial charge in [0, 0.05) is 28.0 Å². The molecule has 0 aliphatic carbocycles. The van der Waals surface area contributed by atoms with Crippen molar-refractivity contribution in [3.05, 3.63) is 121 Å². The second-order valence-corrected chi connectivity index (χ2v) is 9.08. The van der Waals surface area contributed by atoms with Gasteiger partial charge in [-0.15, -0.1) is 0 Å². The fraction of sp³-hybridized carbons (Fsp3) is 0.0312. The van der Waals surface area contributed by atoms with Gasteiger partial charge in [-0.25, -0.2) is 4.98 Å². The summed E-state index contributed by atoms with van der Waals surface area (Å²) in [6.45, 7) is 6.17. The molecular weight excluding hydrogens is 426 g/mol. The van der Waals surface area contributed by atoms with Crippen molar-refractivity contribution in [3.63, 3.8) is 0 Å². The van der Waals surface area contributed by atoms with E-state index in [2.05, 4.69) is 107 Å². The summed E-state index contributed by atoms with van der Waals surface area (Å²) in [7, 11) is 0. The van der Waals surface area contributed by atoms with E-state index in [0.29, 0.717) is 0 Å². The molecule has 0 aliphatic heterocycles. The highest BCUT2D eigenvalue weighted by molar-refractivity contribution is 6.24. The lowest BCUT2D eigenvalue weighted by Gasteiger charge is -2.11. The first-order valence-electron chi connectivity index (χ1n) is 11.9. The second kappa shape index (κ2) is 7.44. The third kappa shape index (κ3) is 2.82. The Morgan fingerprint density at radius 1 is 0.629 bits per heavy atom. The molecular formula is C32H23N3. The molecule has 0 N–H and O–H groups in total. The highest BCUT2D eigenvalue weighted by Gasteiger charge is 2.23. The maximum Gasteiger partial charge on any atom is 0.137 e. The van der Waals surface area contributed by atoms with Crippen LogP contribution in [0.1, 0.15) is 12.5 Å². The monoisotopic (exact) mass is 449 g/mol. The summed E-state index contributed by atoms with van der Waals surface area (Å²) >= 11 is 0. The van der Waals surface area contributed by atoms with Gasteiger partial charge in [0.25, 0.3) is 0 Å². The van der Waals surface area contributed by atoms with Gasteiger partial charge in [0.15, 0.2) is 0 Å². The minimum absolute atomic E-state index is 0.920. The van der Waals surface area contributed by atoms with E-state index in [1.165, 1.54) is 38.1 Å². The van der Waals surface area contributed by atoms with Gasteiger partial charge in [0.1, 0.15) is 5.82 Å². The van der Waals surface area contributed by atoms with Gasteiger partial charge in [-0.2, -0.15) is 0 Å². The Balaban J connectivity index is 1.74. The van der Waals surface area contributed by atoms with E-state index in [1.54, 1.807) is 0 Å². The molecule has 0 saturated carbocycles. The Bertz CT molecular complexity index is 1900. The highest BCUT2D eigenvalue weighted by atomic mass is 15.1. The van der Waals surface area contributed by atoms with Crippen LogP contribution in [0.4, 0.5) is 0 Å². The predicted octanol–water partition coefficient (Wildman–Crippen LogP) is 8.31. The number of pyridine rings is 1. The molecule has 0 aliphatic rings. The zero-order valence-corrected chi connectivity index (χ0v) is 19.4. The van der Waals surface area contributed by atoms with Gasteiger partial charge in [0.05, 0.1) is 22.1 Å². The van der Waals surface area contributed by atoms with Gasteiger partial charge in [-0.3, -0.25) is 4.57 Å². The SMILES string of the molecule is C=C(C)c1ccc(-n2c3c4ccccc4ccc3c3c2c2ccccc2n3-c2ccccn2)cc1. The summed E-state index contributed by atoms with van der Waals surface area (Å²) in [6, 6.07) is 36.6. The first kappa shape index (κ1) is 19.8. The second-order valence-electron chi connectivity index (χ2n) is 9.08. The lowest BCUT2D eigenvalue weighted by atomic mass is 10.1. The first-order chi connectivity index (χ1) is 17.2. The molecule has 0 unspecified atom stereocenters. The van der Waals surface area contributed by atoms with E-state index >= 15 is 0 Å². The number of benzene rings is 4. The molecule has 7 rings (SSSR count). The summed E-state index contributed by atoms with van der Waals surface area (Å²) in [4.78, 5) is 4.75. The third-order valence-corrected chi connectivity index (χ3v) is 6.95. The molecule has 0 spiro atoms. The minimum Gasteiger partial charge on any atom is -0.306 e. The molecule has 3 aromatic heterocycles. The van der Waals surface area contributed by atoms with Crippen LogP contribution in [0.2, 0.25) is 0 Å². The molecule has 0 atom stereocenters. The van der Waals surface area contributed by atoms with E-state index in [4.69, 9.17) is 4.98 Å². The highest BCUT2D eigenvalue weighted by Crippen LogP contribution is 2.42. The van der Waals surface area contributed by atoms with Crippen LogP contribution in [-0.4, -0.2) is 14.1 Å². The summed E-state index contributed by atoms with van der Waals surface area (Å²) in [5, 5.41) is 4.89. The lowest BCUT2D eigenvalue weighted by molar-refractivity contribution is 1.08. The molecule has 0 saturated heterocycles. The Morgan fingerprint density at radius 2 is 1.34 bits per heavy atom. The topological polar surface area (TPSA) is 22.8 Å². The van der Waals surface area contributed by atoms with Crippen molar-refractivity contribution in [2.45, 2.75) is 6.92 Å². The molecule has 3 nitrogen and oxygen atoms in total. The summed E-state index contributed by atoms with van der Waals surface area (Å²) in [5.74, 6) is 0.920. The number of hydrogen-bond acceptors (Lipinski definition) is 1. The molecule has 3 heterocycles. The molecule has 35 heavy (non-hydrogen) atoms. The third-order valence-electron chi connectivity index (χ3n) is 6.95. The number of rotatable bonds is 3. The zero-order chi connectivity index (χ0) is 23.5. The van der Waals surface area contributed by atoms with Crippen molar-refractivity contribution in [2.75, 3.05) is 0 Å². The first-order valence-corrected chi connectivity index (χ1v) is 11.9. The predicted molar refractivity (Wildman–Crippen MR) is 148 cm³/mol. The van der Waals surface area contributed by atoms with Crippen molar-refractivity contribution in [2.24, 2.45) is 0 Å². The number of aromatic nitrogens is 3. The quantitative estimate of drug-likeness (QED) is 0.266. The zero-order valence-electron chi connectivity index (χ0n) is 19.4. The van der Waals surface area contributed by atoms with Crippen LogP contribution in [0.3, 0.4) is 0 Å². The van der Waals surface area contributed by atoms with Crippen LogP contribution in [0, 0.1) is 0 Å². The molecule has 0 amide bonds. The summed E-state index contributed by atoms with van der Waals surface area (Å²) in [6.07, 6.45) is 1.86. The fourth-order valence-corrected chi connectivity index (χ4v) is 5.37. The number of para-hydroxylation sites is 1. The maximum absolute atomic E-state index is 4.75. The Kier molecular flexibility index (Phi) is 4.21. The van der Waals surface area contributed by atoms with E-state index < -0.39 is 0 Å². The molecule has 0 radical (unpaired) electrons. The number of hydrogen-bond donors (Lipinski definition) is 0. The lowest BCUT2D eigenvalue weighted by Crippen LogP contribution is -1.96. The van der Waals surface area contributed by atoms with Crippen molar-refractivity contribution in [1.29, 1.82) is 0 Å². The molecule has 0 bridgehead atoms. The molecule has 7 aromatic rings. The van der Waals surface area contributed by atoms with Crippen LogP contribution < -0.4 is 0 Å². The summed E-state index contributed by atoms with van der Waals surface area (Å²) < 4.78 is 4.73. The Labute approximate surface area is 203 Å². The van der Waals surface area contributed by atoms with Gasteiger partial charge >= 0.3 is 0 Å². The molecule has 0 fully saturated rings. The van der Waals surface area contributed by atoms with Crippen LogP contribution in [0.15, 0.2) is 116 Å². The van der Waals surface area contributed by atoms with Crippen molar-refractivity contribution < 1.29 is 0 Å². The van der Waals surface area contributed by atoms with Crippen LogP contribution in [0.5, 0.6) is 0 Å². The number of allylic oxidation sites excluding steroid dienone is 1. The van der Waals surface area contributed by atoms with Gasteiger partial charge in [-0.05, 0) is 48.2 Å². The van der Waals surface area contributed by atoms with E-state index in [9.17, 15) is 0 Å². The Morgan fingerprint density at radius 3 is 2.11 bits per heavy atom. The number of nitrogens with zero attached hydrogens (tertiary/aromatic N) is 3. The molecule has 4 aromatic carbocycles. The number of fused-ring (bicyclic) bond motifs is 7. The van der Waals surface area contributed by atoms with Crippen molar-refractivity contribution in [1.82, 2.24) is 14.1 Å². The van der Waals surface area contributed by atoms with E-state index in [0.717, 1.165) is 28.2 Å². The maximum atomic E-state index is 4.75. The smallest absolute Gasteiger partial charge is 0.137 e. The normalized spacial score (nSPS) is 11.7. The average molecular weight is 450 g/mol. The van der Waals surface area contributed by atoms with Gasteiger partial charge < -0.3 is 4.57 Å². The van der Waals surface area contributed by atoms with Crippen LogP contribution in [0.25, 0.3) is 60.7 Å². The largest absolute Gasteiger partial charge is 0.306 e. The van der Waals surface area contributed by atoms with Gasteiger partial charge in [-0.1, -0.05) is 84.9 Å². The minimum atomic E-state index is 0.920.